The SMILES string of the molecule is COc1cc2cc(c1Cl)N(C)C(=O)C[C@H](OC(=O)[C@H](C)N(C)C(=O)CCSSC(C)(C)[C@H](NC(=O)[C@@H]1CSSC[C@H](NC(=O)[C@@H](Cc3ccccc3)NS(C)(=O)=O)C(=O)C[C@@H](Cc3ccc(O)cc3)C(=O)N[C@H](CC3=CCc4ccccc43)C(=O)N[C@@H](CCCCN)C(=O)N[C@@H]([C@@H](C)O)C(=O)N1)C(N)=O)[C@]1(C)O[C@H]1[C@H](C)[C@@H]1C[C@@](O)(NC(=O)O1)[C@H](OC)/C=C/C=C(\C)C2. The van der Waals surface area contributed by atoms with E-state index in [0.29, 0.717) is 41.5 Å². The number of phenolic OH excluding ortho intramolecular Hbond substituents is 1. The number of likely N-dealkylation sites (N-methyl/N-ethyl adjacent to an activating group) is 1. The average molecular weight is 1890 g/mol. The number of carbonyl (C=O) groups excluding carboxylic acids is 12. The zero-order chi connectivity index (χ0) is 93.9. The number of nitrogens with one attached hydrogen (secondary N) is 8. The smallest absolute Gasteiger partial charge is 0.409 e. The molecule has 0 spiro atoms. The third kappa shape index (κ3) is 27.9. The summed E-state index contributed by atoms with van der Waals surface area (Å²) in [5.41, 5.74) is 13.9. The Kier molecular flexibility index (Phi) is 36.8. The van der Waals surface area contributed by atoms with Crippen LogP contribution < -0.4 is 63.0 Å². The molecule has 15 N–H and O–H groups in total. The molecular formula is C88H117ClN12O22S5. The van der Waals surface area contributed by atoms with E-state index < -0.39 is 206 Å². The van der Waals surface area contributed by atoms with Gasteiger partial charge in [-0.1, -0.05) is 158 Å². The molecule has 128 heavy (non-hydrogen) atoms. The molecule has 0 radical (unpaired) electrons. The largest absolute Gasteiger partial charge is 0.508 e. The monoisotopic (exact) mass is 1890 g/mol. The molecule has 4 bridgehead atoms. The number of alkyl carbamates (subject to hydrolysis) is 1. The van der Waals surface area contributed by atoms with Gasteiger partial charge in [-0.3, -0.25) is 53.3 Å². The summed E-state index contributed by atoms with van der Waals surface area (Å²) in [6, 6.07) is 12.8. The Morgan fingerprint density at radius 1 is 0.875 bits per heavy atom. The summed E-state index contributed by atoms with van der Waals surface area (Å²) in [4.78, 5) is 178. The number of aliphatic hydroxyl groups excluding tert-OH is 1. The number of hydrogen-bond acceptors (Lipinski definition) is 27. The number of aliphatic hydroxyl groups is 2. The molecule has 40 heteroatoms. The van der Waals surface area contributed by atoms with Crippen LogP contribution in [0, 0.1) is 11.8 Å². The molecule has 5 aliphatic rings. The van der Waals surface area contributed by atoms with Crippen molar-refractivity contribution in [3.8, 4) is 11.5 Å². The summed E-state index contributed by atoms with van der Waals surface area (Å²) in [6.45, 7) is 11.2. The Hall–Kier alpha value is -9.26. The van der Waals surface area contributed by atoms with Gasteiger partial charge in [-0.05, 0) is 151 Å². The second kappa shape index (κ2) is 46.0. The highest BCUT2D eigenvalue weighted by Crippen LogP contribution is 2.50. The number of aromatic hydroxyl groups is 1. The number of hydrogen-bond donors (Lipinski definition) is 13. The lowest BCUT2D eigenvalue weighted by molar-refractivity contribution is -0.162. The average Bonchev–Trinajstić information content (AvgIpc) is 1.57. The number of allylic oxidation sites excluding steroid dienone is 4. The van der Waals surface area contributed by atoms with Crippen molar-refractivity contribution in [1.29, 1.82) is 0 Å². The quantitative estimate of drug-likeness (QED) is 0.0146. The molecule has 0 unspecified atom stereocenters. The van der Waals surface area contributed by atoms with Gasteiger partial charge in [0.1, 0.15) is 82.7 Å². The van der Waals surface area contributed by atoms with Crippen LogP contribution in [0.25, 0.3) is 5.57 Å². The van der Waals surface area contributed by atoms with Crippen molar-refractivity contribution < 1.29 is 105 Å². The standard InChI is InChI=1S/C88H117ClN12O22S5/c1-48-21-20-27-69(120-11)88(116)45-68(121-85(115)98-88)49(2)76-87(7,123-76)70(44-72(106)101(9)65-40-54(37-48)41-67(119-10)73(65)89)122-84(114)50(3)100(8)71(105)34-36-124-127-86(5,6)75(77(91)107)97-82(112)64-47-126-125-46-63(94-81(111)62(99-128(12,117)118)39-52-22-14-13-15-23-52)66(104)43-57(38-53-28-32-58(103)33-29-53)78(108)93-61(42-56-31-30-55-24-16-17-25-59(55)56)80(110)92-60(26-18-19-35-90)79(109)96-74(51(4)102)83(113)95-64/h13-17,20-25,27-29,31-33,40-41,49-51,57,60-64,68-70,74-76,99,102-103,116H,18-19,26,30,34-39,42-47,90H2,1-12H3,(H2,91,107)(H,92,110)(H,93,108)(H,94,111)(H,95,113)(H,96,109)(H,97,112)(H,98,115)/b27-20+,48-21+/t49-,50+,51-,57-,60+,61-,62-,63+,64+,68+,69-,70+,74+,75-,76+,87+,88+/m1/s1. The van der Waals surface area contributed by atoms with E-state index in [1.54, 1.807) is 88.4 Å². The number of methoxy groups -OCH3 is 2. The van der Waals surface area contributed by atoms with E-state index in [9.17, 15) is 62.1 Å². The van der Waals surface area contributed by atoms with E-state index in [-0.39, 0.29) is 85.2 Å². The number of carbonyl (C=O) groups is 12. The molecule has 3 saturated heterocycles. The van der Waals surface area contributed by atoms with E-state index in [1.807, 2.05) is 37.3 Å². The Bertz CT molecular complexity index is 4920. The lowest BCUT2D eigenvalue weighted by Gasteiger charge is -2.42. The number of fused-ring (bicyclic) bond motifs is 6. The molecule has 34 nitrogen and oxygen atoms in total. The van der Waals surface area contributed by atoms with Crippen LogP contribution in [-0.2, 0) is 107 Å². The van der Waals surface area contributed by atoms with Crippen LogP contribution in [0.5, 0.6) is 11.5 Å². The molecule has 4 aromatic rings. The minimum absolute atomic E-state index is 0.0260. The summed E-state index contributed by atoms with van der Waals surface area (Å²) in [5.74, 6) is -12.2. The number of Topliss-reactive ketones (excluding diaryl/α,β-unsaturated/α-hetero) is 1. The molecule has 698 valence electrons. The number of ether oxygens (including phenoxy) is 5. The predicted octanol–water partition coefficient (Wildman–Crippen LogP) is 5.08. The molecular weight excluding hydrogens is 1770 g/mol. The summed E-state index contributed by atoms with van der Waals surface area (Å²) < 4.78 is 56.7. The number of benzene rings is 4. The number of rotatable bonds is 29. The number of halogens is 1. The number of phenols is 1. The Morgan fingerprint density at radius 3 is 2.23 bits per heavy atom. The molecule has 1 aliphatic carbocycles. The van der Waals surface area contributed by atoms with Gasteiger partial charge in [0.25, 0.3) is 0 Å². The number of unbranched alkanes of at least 4 members (excludes halogenated alkanes) is 1. The summed E-state index contributed by atoms with van der Waals surface area (Å²) in [6.07, 6.45) is 0.345. The number of amides is 10. The minimum atomic E-state index is -4.12. The highest BCUT2D eigenvalue weighted by Gasteiger charge is 2.65. The molecule has 4 aromatic carbocycles. The van der Waals surface area contributed by atoms with Crippen LogP contribution in [-0.4, -0.2) is 253 Å². The fourth-order valence-corrected chi connectivity index (χ4v) is 21.6. The van der Waals surface area contributed by atoms with Gasteiger partial charge in [0.05, 0.1) is 43.7 Å². The zero-order valence-electron chi connectivity index (χ0n) is 73.5. The number of epoxide rings is 1. The van der Waals surface area contributed by atoms with Crippen LogP contribution >= 0.6 is 54.8 Å². The van der Waals surface area contributed by atoms with Gasteiger partial charge in [0, 0.05) is 80.7 Å². The van der Waals surface area contributed by atoms with Gasteiger partial charge < -0.3 is 92.2 Å². The van der Waals surface area contributed by atoms with Crippen molar-refractivity contribution in [2.75, 3.05) is 63.3 Å². The first kappa shape index (κ1) is 102. The molecule has 17 atom stereocenters. The van der Waals surface area contributed by atoms with Crippen molar-refractivity contribution in [2.45, 2.75) is 220 Å². The number of nitrogens with zero attached hydrogens (tertiary/aromatic N) is 2. The van der Waals surface area contributed by atoms with Crippen molar-refractivity contribution in [3.05, 3.63) is 154 Å². The van der Waals surface area contributed by atoms with Crippen LogP contribution in [0.2, 0.25) is 5.02 Å². The van der Waals surface area contributed by atoms with Gasteiger partial charge in [0.2, 0.25) is 63.2 Å². The first-order chi connectivity index (χ1) is 60.5. The van der Waals surface area contributed by atoms with E-state index in [2.05, 4.69) is 41.9 Å². The fourth-order valence-electron chi connectivity index (χ4n) is 15.6. The lowest BCUT2D eigenvalue weighted by Crippen LogP contribution is -2.63. The summed E-state index contributed by atoms with van der Waals surface area (Å²) >= 11 is 6.91. The molecule has 0 aromatic heterocycles. The van der Waals surface area contributed by atoms with Gasteiger partial charge in [0.15, 0.2) is 11.5 Å². The lowest BCUT2D eigenvalue weighted by atomic mass is 9.83. The minimum Gasteiger partial charge on any atom is -0.508 e. The van der Waals surface area contributed by atoms with Crippen LogP contribution in [0.3, 0.4) is 0 Å². The second-order valence-corrected chi connectivity index (χ2v) is 41.3. The Labute approximate surface area is 766 Å². The molecule has 0 saturated carbocycles. The maximum atomic E-state index is 15.3. The van der Waals surface area contributed by atoms with Crippen LogP contribution in [0.4, 0.5) is 10.5 Å². The fraction of sp³-hybridized carbons (Fsp3) is 0.523. The first-order valence-corrected chi connectivity index (χ1v) is 49.0. The third-order valence-electron chi connectivity index (χ3n) is 23.2. The molecule has 3 fully saturated rings. The van der Waals surface area contributed by atoms with Crippen molar-refractivity contribution in [2.24, 2.45) is 23.3 Å². The number of anilines is 1. The molecule has 10 amide bonds. The van der Waals surface area contributed by atoms with E-state index in [4.69, 9.17) is 46.8 Å². The van der Waals surface area contributed by atoms with Gasteiger partial charge in [-0.25, -0.2) is 22.7 Å². The van der Waals surface area contributed by atoms with Gasteiger partial charge in [-0.2, -0.15) is 0 Å². The van der Waals surface area contributed by atoms with E-state index in [0.717, 1.165) is 71.0 Å². The maximum Gasteiger partial charge on any atom is 0.409 e. The predicted molar refractivity (Wildman–Crippen MR) is 490 cm³/mol. The topological polar surface area (TPSA) is 504 Å². The van der Waals surface area contributed by atoms with Crippen LogP contribution in [0.15, 0.2) is 121 Å². The first-order valence-electron chi connectivity index (χ1n) is 42.0. The molecule has 4 aliphatic heterocycles. The number of esters is 1. The number of nitrogens with two attached hydrogens (primary N) is 2. The summed E-state index contributed by atoms with van der Waals surface area (Å²) in [7, 11) is 5.51. The van der Waals surface area contributed by atoms with Crippen LogP contribution in [0.1, 0.15) is 128 Å². The van der Waals surface area contributed by atoms with E-state index >= 15 is 19.2 Å². The van der Waals surface area contributed by atoms with E-state index in [1.165, 1.54) is 71.3 Å². The Balaban J connectivity index is 0.949. The number of primary amides is 1. The molecule has 9 rings (SSSR count). The zero-order valence-corrected chi connectivity index (χ0v) is 78.3. The Morgan fingerprint density at radius 2 is 1.55 bits per heavy atom. The van der Waals surface area contributed by atoms with Crippen molar-refractivity contribution >= 4 is 147 Å². The van der Waals surface area contributed by atoms with Crippen molar-refractivity contribution in [1.82, 2.24) is 46.8 Å². The van der Waals surface area contributed by atoms with Crippen molar-refractivity contribution in [3.63, 3.8) is 0 Å². The van der Waals surface area contributed by atoms with Gasteiger partial charge >= 0.3 is 12.1 Å². The second-order valence-electron chi connectivity index (χ2n) is 33.5. The highest BCUT2D eigenvalue weighted by atomic mass is 35.5. The maximum absolute atomic E-state index is 15.3. The third-order valence-corrected chi connectivity index (χ3v) is 30.0. The highest BCUT2D eigenvalue weighted by molar-refractivity contribution is 8.77. The number of sulfonamides is 1. The normalized spacial score (nSPS) is 26.5. The number of ketones is 1. The molecule has 4 heterocycles. The summed E-state index contributed by atoms with van der Waals surface area (Å²) in [5, 5.41) is 52.6. The van der Waals surface area contributed by atoms with Gasteiger partial charge in [-0.15, -0.1) is 0 Å².